The zero-order chi connectivity index (χ0) is 47.9. The monoisotopic (exact) mass is 929 g/mol. The number of hydrogen-bond donors (Lipinski definition) is 7. The van der Waals surface area contributed by atoms with Crippen LogP contribution in [0.2, 0.25) is 0 Å². The summed E-state index contributed by atoms with van der Waals surface area (Å²) < 4.78 is 24.2. The smallest absolute Gasteiger partial charge is 0.409 e. The van der Waals surface area contributed by atoms with Crippen LogP contribution in [-0.4, -0.2) is 163 Å². The van der Waals surface area contributed by atoms with Gasteiger partial charge in [-0.3, -0.25) is 24.2 Å². The first-order chi connectivity index (χ1) is 32.1. The highest BCUT2D eigenvalue weighted by Crippen LogP contribution is 2.37. The molecule has 0 unspecified atom stereocenters. The van der Waals surface area contributed by atoms with E-state index in [1.54, 1.807) is 7.11 Å². The van der Waals surface area contributed by atoms with Crippen LogP contribution in [0.15, 0.2) is 66.9 Å². The van der Waals surface area contributed by atoms with Gasteiger partial charge in [-0.15, -0.1) is 0 Å². The third kappa shape index (κ3) is 10.7. The van der Waals surface area contributed by atoms with Crippen molar-refractivity contribution >= 4 is 58.3 Å². The first-order valence-corrected chi connectivity index (χ1v) is 21.9. The molecule has 358 valence electrons. The summed E-state index contributed by atoms with van der Waals surface area (Å²) in [5.41, 5.74) is 4.05. The van der Waals surface area contributed by atoms with Crippen LogP contribution in [-0.2, 0) is 41.7 Å². The lowest BCUT2D eigenvalue weighted by atomic mass is 9.81. The number of nitrogens with two attached hydrogens (primary N) is 1. The lowest BCUT2D eigenvalue weighted by Crippen LogP contribution is -2.74. The molecule has 4 aromatic rings. The standard InChI is InChI=1S/C45H55N9O13/c1-3-4-5-15-47-38-37-32(49-42(46)50-38)13-16-53(37)25-29-10-9-28(22-33(29)64-2)24-51-18-20-52(21-19-51)43(62)66-26-44(63)39(58)45(40(59)60,27-65-41(44)61)67-31-8-6-7-30(23-31)48-34(55)14-17-54-35(56)11-12-36(54)57/h6-13,16,22-23,39,41,58,61,63H,3-5,14-15,17-21,24-27H2,1-2H3,(H,48,55)(H,59,60)(H3,46,47,49,50)/t39-,41+,44-,45-/m1/s1. The normalized spacial score (nSPS) is 22.0. The number of nitrogens with one attached hydrogen (secondary N) is 2. The molecule has 0 radical (unpaired) electrons. The van der Waals surface area contributed by atoms with E-state index in [-0.39, 0.29) is 43.4 Å². The summed E-state index contributed by atoms with van der Waals surface area (Å²) in [7, 11) is 1.62. The van der Waals surface area contributed by atoms with E-state index in [1.807, 2.05) is 30.5 Å². The predicted octanol–water partition coefficient (Wildman–Crippen LogP) is 1.52. The van der Waals surface area contributed by atoms with Crippen LogP contribution < -0.4 is 25.8 Å². The first kappa shape index (κ1) is 48.1. The Hall–Kier alpha value is -6.85. The number of carbonyl (C=O) groups excluding carboxylic acids is 4. The Balaban J connectivity index is 0.923. The van der Waals surface area contributed by atoms with Gasteiger partial charge >= 0.3 is 12.1 Å². The molecule has 4 atom stereocenters. The van der Waals surface area contributed by atoms with Crippen molar-refractivity contribution in [1.82, 2.24) is 29.2 Å². The van der Waals surface area contributed by atoms with E-state index in [0.29, 0.717) is 37.7 Å². The molecule has 0 spiro atoms. The van der Waals surface area contributed by atoms with Crippen molar-refractivity contribution in [2.24, 2.45) is 0 Å². The number of carbonyl (C=O) groups is 5. The van der Waals surface area contributed by atoms with Gasteiger partial charge in [0.2, 0.25) is 11.9 Å². The van der Waals surface area contributed by atoms with Crippen molar-refractivity contribution in [2.75, 3.05) is 76.0 Å². The molecule has 0 aliphatic carbocycles. The molecular weight excluding hydrogens is 875 g/mol. The predicted molar refractivity (Wildman–Crippen MR) is 240 cm³/mol. The molecule has 2 saturated heterocycles. The van der Waals surface area contributed by atoms with Crippen LogP contribution in [0.3, 0.4) is 0 Å². The fourth-order valence-electron chi connectivity index (χ4n) is 8.14. The van der Waals surface area contributed by atoms with Crippen LogP contribution in [0.4, 0.5) is 22.2 Å². The van der Waals surface area contributed by atoms with Gasteiger partial charge in [0.05, 0.1) is 19.2 Å². The maximum absolute atomic E-state index is 13.3. The van der Waals surface area contributed by atoms with E-state index in [0.717, 1.165) is 65.0 Å². The number of rotatable bonds is 19. The molecule has 67 heavy (non-hydrogen) atoms. The summed E-state index contributed by atoms with van der Waals surface area (Å²) in [5.74, 6) is -2.06. The molecule has 2 aromatic carbocycles. The van der Waals surface area contributed by atoms with Gasteiger partial charge in [-0.1, -0.05) is 38.0 Å². The lowest BCUT2D eigenvalue weighted by molar-refractivity contribution is -0.326. The number of ether oxygens (including phenoxy) is 4. The van der Waals surface area contributed by atoms with Crippen molar-refractivity contribution in [3.8, 4) is 11.5 Å². The Kier molecular flexibility index (Phi) is 14.9. The van der Waals surface area contributed by atoms with Gasteiger partial charge in [-0.2, -0.15) is 4.98 Å². The minimum absolute atomic E-state index is 0.133. The molecule has 0 bridgehead atoms. The van der Waals surface area contributed by atoms with Crippen molar-refractivity contribution in [2.45, 2.75) is 69.3 Å². The number of fused-ring (bicyclic) bond motifs is 1. The van der Waals surface area contributed by atoms with Gasteiger partial charge in [0.1, 0.15) is 36.3 Å². The zero-order valence-corrected chi connectivity index (χ0v) is 37.1. The third-order valence-electron chi connectivity index (χ3n) is 11.9. The molecule has 3 aliphatic rings. The largest absolute Gasteiger partial charge is 0.496 e. The molecule has 7 rings (SSSR count). The second-order valence-corrected chi connectivity index (χ2v) is 16.5. The molecule has 2 fully saturated rings. The molecule has 4 amide bonds. The molecule has 5 heterocycles. The van der Waals surface area contributed by atoms with Crippen molar-refractivity contribution in [3.05, 3.63) is 78.0 Å². The minimum Gasteiger partial charge on any atom is -0.496 e. The van der Waals surface area contributed by atoms with Crippen LogP contribution in [0.5, 0.6) is 11.5 Å². The average Bonchev–Trinajstić information content (AvgIpc) is 3.87. The van der Waals surface area contributed by atoms with Crippen LogP contribution in [0, 0.1) is 0 Å². The zero-order valence-electron chi connectivity index (χ0n) is 37.1. The molecule has 22 nitrogen and oxygen atoms in total. The van der Waals surface area contributed by atoms with Gasteiger partial charge in [0.25, 0.3) is 17.4 Å². The number of unbranched alkanes of at least 4 members (excludes halogenated alkanes) is 2. The van der Waals surface area contributed by atoms with Crippen LogP contribution in [0.1, 0.15) is 43.7 Å². The van der Waals surface area contributed by atoms with Gasteiger partial charge < -0.3 is 65.2 Å². The Morgan fingerprint density at radius 1 is 0.985 bits per heavy atom. The summed E-state index contributed by atoms with van der Waals surface area (Å²) in [5, 5.41) is 50.0. The van der Waals surface area contributed by atoms with E-state index in [1.165, 1.54) is 29.2 Å². The number of carboxylic acid groups (broad SMARTS) is 1. The fraction of sp³-hybridized carbons (Fsp3) is 0.444. The maximum Gasteiger partial charge on any atom is 0.409 e. The number of nitrogens with zero attached hydrogens (tertiary/aromatic N) is 6. The Morgan fingerprint density at radius 3 is 2.46 bits per heavy atom. The number of aromatic nitrogens is 3. The number of carboxylic acids is 1. The van der Waals surface area contributed by atoms with Crippen molar-refractivity contribution in [1.29, 1.82) is 0 Å². The Bertz CT molecular complexity index is 2490. The number of imide groups is 1. The maximum atomic E-state index is 13.3. The summed E-state index contributed by atoms with van der Waals surface area (Å²) >= 11 is 0. The Labute approximate surface area is 384 Å². The van der Waals surface area contributed by atoms with Crippen LogP contribution in [0.25, 0.3) is 11.0 Å². The number of anilines is 3. The fourth-order valence-corrected chi connectivity index (χ4v) is 8.14. The van der Waals surface area contributed by atoms with Crippen molar-refractivity contribution in [3.63, 3.8) is 0 Å². The average molecular weight is 930 g/mol. The SMILES string of the molecule is CCCCCNc1nc(N)nc2ccn(Cc3ccc(CN4CCN(C(=O)OC[C@@]5(O)[C@@H](O)[C@@](Oc6cccc(NC(=O)CCN7C(=O)C=CC7=O)c6)(C(=O)O)CO[C@@H]5O)CC4)cc3OC)c12. The number of methoxy groups -OCH3 is 1. The number of aliphatic hydroxyl groups excluding tert-OH is 2. The number of aliphatic carboxylic acids is 1. The number of benzene rings is 2. The number of nitrogen functional groups attached to an aromatic ring is 1. The lowest BCUT2D eigenvalue weighted by Gasteiger charge is -2.48. The molecule has 2 aromatic heterocycles. The van der Waals surface area contributed by atoms with E-state index in [9.17, 15) is 44.4 Å². The number of amides is 4. The number of piperazine rings is 1. The van der Waals surface area contributed by atoms with Crippen LogP contribution >= 0.6 is 0 Å². The summed E-state index contributed by atoms with van der Waals surface area (Å²) in [4.78, 5) is 75.6. The summed E-state index contributed by atoms with van der Waals surface area (Å²) in [6.07, 6.45) is 1.63. The molecular formula is C45H55N9O13. The molecule has 8 N–H and O–H groups in total. The third-order valence-corrected chi connectivity index (χ3v) is 11.9. The van der Waals surface area contributed by atoms with Gasteiger partial charge in [-0.25, -0.2) is 14.6 Å². The summed E-state index contributed by atoms with van der Waals surface area (Å²) in [6, 6.07) is 13.3. The highest BCUT2D eigenvalue weighted by atomic mass is 16.7. The Morgan fingerprint density at radius 2 is 1.75 bits per heavy atom. The van der Waals surface area contributed by atoms with E-state index >= 15 is 0 Å². The first-order valence-electron chi connectivity index (χ1n) is 21.9. The van der Waals surface area contributed by atoms with Gasteiger partial charge in [-0.05, 0) is 36.2 Å². The van der Waals surface area contributed by atoms with Gasteiger partial charge in [0, 0.05) is 87.9 Å². The highest BCUT2D eigenvalue weighted by molar-refractivity contribution is 6.13. The van der Waals surface area contributed by atoms with E-state index < -0.39 is 66.6 Å². The second-order valence-electron chi connectivity index (χ2n) is 16.5. The van der Waals surface area contributed by atoms with Crippen molar-refractivity contribution < 1.29 is 63.3 Å². The summed E-state index contributed by atoms with van der Waals surface area (Å²) in [6.45, 7) is 3.15. The van der Waals surface area contributed by atoms with E-state index in [2.05, 4.69) is 37.0 Å². The number of aliphatic hydroxyl groups is 3. The topological polar surface area (TPSA) is 294 Å². The molecule has 3 aliphatic heterocycles. The molecule has 0 saturated carbocycles. The number of hydrogen-bond acceptors (Lipinski definition) is 17. The quantitative estimate of drug-likeness (QED) is 0.0518. The highest BCUT2D eigenvalue weighted by Gasteiger charge is 2.65. The van der Waals surface area contributed by atoms with E-state index in [4.69, 9.17) is 24.7 Å². The van der Waals surface area contributed by atoms with Gasteiger partial charge in [0.15, 0.2) is 17.7 Å². The molecule has 22 heteroatoms. The second kappa shape index (κ2) is 20.8. The minimum atomic E-state index is -2.87.